The normalized spacial score (nSPS) is 11.6. The molecule has 3 rings (SSSR count). The van der Waals surface area contributed by atoms with E-state index in [0.717, 1.165) is 40.5 Å². The van der Waals surface area contributed by atoms with Crippen LogP contribution in [-0.2, 0) is 0 Å². The number of anilines is 2. The summed E-state index contributed by atoms with van der Waals surface area (Å²) in [5.74, 6) is 1.33. The van der Waals surface area contributed by atoms with Crippen molar-refractivity contribution in [2.75, 3.05) is 24.2 Å². The number of azo groups is 1. The first-order chi connectivity index (χ1) is 12.5. The molecule has 26 heavy (non-hydrogen) atoms. The summed E-state index contributed by atoms with van der Waals surface area (Å²) in [5.41, 5.74) is 4.34. The lowest BCUT2D eigenvalue weighted by molar-refractivity contribution is 0.777. The minimum Gasteiger partial charge on any atom is -0.368 e. The molecule has 0 unspecified atom stereocenters. The summed E-state index contributed by atoms with van der Waals surface area (Å²) in [6.45, 7) is 8.74. The Balaban J connectivity index is 2.09. The first-order valence-electron chi connectivity index (χ1n) is 8.73. The Labute approximate surface area is 152 Å². The summed E-state index contributed by atoms with van der Waals surface area (Å²) in [6, 6.07) is 6.06. The number of pyridine rings is 1. The van der Waals surface area contributed by atoms with E-state index in [9.17, 15) is 0 Å². The van der Waals surface area contributed by atoms with Crippen LogP contribution in [0.2, 0.25) is 0 Å². The fourth-order valence-corrected chi connectivity index (χ4v) is 2.62. The van der Waals surface area contributed by atoms with Crippen molar-refractivity contribution in [1.29, 1.82) is 0 Å². The second kappa shape index (κ2) is 7.47. The average Bonchev–Trinajstić information content (AvgIpc) is 3.04. The third-order valence-electron chi connectivity index (χ3n) is 3.81. The molecule has 0 fully saturated rings. The van der Waals surface area contributed by atoms with Gasteiger partial charge in [0.1, 0.15) is 11.2 Å². The van der Waals surface area contributed by atoms with Crippen LogP contribution in [0.3, 0.4) is 0 Å². The number of nitrogens with one attached hydrogen (secondary N) is 2. The molecule has 0 radical (unpaired) electrons. The SMILES string of the molecule is CCNc1nc(NC)nn2ccc(-c3ccc(N=NC(C)C)c(C)n3)c12. The van der Waals surface area contributed by atoms with Crippen LogP contribution in [0.1, 0.15) is 26.5 Å². The Morgan fingerprint density at radius 1 is 1.19 bits per heavy atom. The molecule has 3 aromatic rings. The molecule has 3 heterocycles. The van der Waals surface area contributed by atoms with Gasteiger partial charge in [0.05, 0.1) is 17.4 Å². The van der Waals surface area contributed by atoms with Gasteiger partial charge in [-0.1, -0.05) is 0 Å². The van der Waals surface area contributed by atoms with Gasteiger partial charge in [-0.15, -0.1) is 5.10 Å². The molecule has 0 aliphatic heterocycles. The maximum atomic E-state index is 4.72. The van der Waals surface area contributed by atoms with Crippen LogP contribution in [0.25, 0.3) is 16.8 Å². The van der Waals surface area contributed by atoms with Gasteiger partial charge >= 0.3 is 0 Å². The van der Waals surface area contributed by atoms with Gasteiger partial charge in [0.25, 0.3) is 0 Å². The van der Waals surface area contributed by atoms with Gasteiger partial charge < -0.3 is 10.6 Å². The molecule has 0 amide bonds. The monoisotopic (exact) mass is 352 g/mol. The molecule has 8 heteroatoms. The summed E-state index contributed by atoms with van der Waals surface area (Å²) in [5, 5.41) is 19.2. The largest absolute Gasteiger partial charge is 0.368 e. The van der Waals surface area contributed by atoms with Crippen LogP contribution in [-0.4, -0.2) is 39.2 Å². The molecule has 0 aliphatic rings. The van der Waals surface area contributed by atoms with E-state index in [0.29, 0.717) is 5.95 Å². The number of aryl methyl sites for hydroxylation is 1. The van der Waals surface area contributed by atoms with Gasteiger partial charge in [-0.2, -0.15) is 15.2 Å². The van der Waals surface area contributed by atoms with Gasteiger partial charge in [0.15, 0.2) is 5.82 Å². The van der Waals surface area contributed by atoms with Gasteiger partial charge in [0.2, 0.25) is 5.95 Å². The lowest BCUT2D eigenvalue weighted by Crippen LogP contribution is -2.08. The Bertz CT molecular complexity index is 942. The molecule has 0 spiro atoms. The predicted octanol–water partition coefficient (Wildman–Crippen LogP) is 4.07. The summed E-state index contributed by atoms with van der Waals surface area (Å²) in [6.07, 6.45) is 1.91. The van der Waals surface area contributed by atoms with Crippen molar-refractivity contribution in [3.8, 4) is 11.3 Å². The van der Waals surface area contributed by atoms with Crippen LogP contribution >= 0.6 is 0 Å². The summed E-state index contributed by atoms with van der Waals surface area (Å²) in [7, 11) is 1.80. The van der Waals surface area contributed by atoms with Crippen LogP contribution in [0.4, 0.5) is 17.5 Å². The van der Waals surface area contributed by atoms with E-state index in [4.69, 9.17) is 4.98 Å². The first-order valence-corrected chi connectivity index (χ1v) is 8.73. The van der Waals surface area contributed by atoms with Crippen molar-refractivity contribution in [3.63, 3.8) is 0 Å². The van der Waals surface area contributed by atoms with E-state index >= 15 is 0 Å². The fourth-order valence-electron chi connectivity index (χ4n) is 2.62. The second-order valence-electron chi connectivity index (χ2n) is 6.20. The molecule has 0 bridgehead atoms. The highest BCUT2D eigenvalue weighted by Crippen LogP contribution is 2.31. The zero-order chi connectivity index (χ0) is 18.7. The van der Waals surface area contributed by atoms with Crippen molar-refractivity contribution in [2.45, 2.75) is 33.7 Å². The maximum Gasteiger partial charge on any atom is 0.242 e. The van der Waals surface area contributed by atoms with Crippen molar-refractivity contribution in [2.24, 2.45) is 10.2 Å². The van der Waals surface area contributed by atoms with Gasteiger partial charge in [-0.25, -0.2) is 4.52 Å². The highest BCUT2D eigenvalue weighted by molar-refractivity contribution is 5.87. The smallest absolute Gasteiger partial charge is 0.242 e. The molecule has 3 aromatic heterocycles. The topological polar surface area (TPSA) is 91.9 Å². The molecule has 0 aliphatic carbocycles. The van der Waals surface area contributed by atoms with Crippen molar-refractivity contribution >= 4 is 23.0 Å². The molecular formula is C18H24N8. The molecule has 136 valence electrons. The zero-order valence-corrected chi connectivity index (χ0v) is 15.8. The van der Waals surface area contributed by atoms with Crippen LogP contribution < -0.4 is 10.6 Å². The Morgan fingerprint density at radius 2 is 2.00 bits per heavy atom. The molecule has 0 saturated heterocycles. The first kappa shape index (κ1) is 17.8. The molecule has 8 nitrogen and oxygen atoms in total. The minimum atomic E-state index is 0.158. The number of rotatable bonds is 6. The minimum absolute atomic E-state index is 0.158. The van der Waals surface area contributed by atoms with Crippen molar-refractivity contribution < 1.29 is 0 Å². The number of aromatic nitrogens is 4. The lowest BCUT2D eigenvalue weighted by atomic mass is 10.1. The molecular weight excluding hydrogens is 328 g/mol. The Morgan fingerprint density at radius 3 is 2.65 bits per heavy atom. The van der Waals surface area contributed by atoms with E-state index < -0.39 is 0 Å². The lowest BCUT2D eigenvalue weighted by Gasteiger charge is -2.10. The van der Waals surface area contributed by atoms with Crippen LogP contribution in [0, 0.1) is 6.92 Å². The summed E-state index contributed by atoms with van der Waals surface area (Å²) >= 11 is 0. The number of nitrogens with zero attached hydrogens (tertiary/aromatic N) is 6. The predicted molar refractivity (Wildman–Crippen MR) is 104 cm³/mol. The van der Waals surface area contributed by atoms with E-state index in [2.05, 4.69) is 30.9 Å². The highest BCUT2D eigenvalue weighted by atomic mass is 15.3. The molecule has 0 aromatic carbocycles. The third kappa shape index (κ3) is 3.49. The van der Waals surface area contributed by atoms with E-state index in [1.165, 1.54) is 0 Å². The standard InChI is InChI=1S/C18H24N8/c1-6-20-17-16-13(9-10-26(16)25-18(19-5)22-17)15-8-7-14(12(4)21-15)24-23-11(2)3/h7-11H,6H2,1-5H3,(H2,19,20,22,25). The van der Waals surface area contributed by atoms with E-state index in [-0.39, 0.29) is 6.04 Å². The molecule has 0 saturated carbocycles. The Kier molecular flexibility index (Phi) is 5.11. The van der Waals surface area contributed by atoms with E-state index in [1.807, 2.05) is 56.6 Å². The quantitative estimate of drug-likeness (QED) is 0.653. The summed E-state index contributed by atoms with van der Waals surface area (Å²) in [4.78, 5) is 9.26. The zero-order valence-electron chi connectivity index (χ0n) is 15.8. The third-order valence-corrected chi connectivity index (χ3v) is 3.81. The van der Waals surface area contributed by atoms with Crippen LogP contribution in [0.5, 0.6) is 0 Å². The average molecular weight is 352 g/mol. The van der Waals surface area contributed by atoms with Gasteiger partial charge in [-0.05, 0) is 45.9 Å². The summed E-state index contributed by atoms with van der Waals surface area (Å²) < 4.78 is 1.82. The second-order valence-corrected chi connectivity index (χ2v) is 6.20. The van der Waals surface area contributed by atoms with Crippen molar-refractivity contribution in [3.05, 3.63) is 30.1 Å². The number of fused-ring (bicyclic) bond motifs is 1. The van der Waals surface area contributed by atoms with Crippen molar-refractivity contribution in [1.82, 2.24) is 19.6 Å². The number of hydrogen-bond donors (Lipinski definition) is 2. The van der Waals surface area contributed by atoms with Gasteiger partial charge in [0, 0.05) is 25.4 Å². The maximum absolute atomic E-state index is 4.72. The van der Waals surface area contributed by atoms with E-state index in [1.54, 1.807) is 7.05 Å². The van der Waals surface area contributed by atoms with Crippen LogP contribution in [0.15, 0.2) is 34.6 Å². The fraction of sp³-hybridized carbons (Fsp3) is 0.389. The molecule has 0 atom stereocenters. The Hall–Kier alpha value is -3.03. The molecule has 2 N–H and O–H groups in total. The van der Waals surface area contributed by atoms with Gasteiger partial charge in [-0.3, -0.25) is 4.98 Å². The number of hydrogen-bond acceptors (Lipinski definition) is 7. The highest BCUT2D eigenvalue weighted by Gasteiger charge is 2.15.